The maximum atomic E-state index is 12.1. The molecule has 6 aromatic heterocycles. The molecule has 18 heteroatoms. The van der Waals surface area contributed by atoms with Crippen LogP contribution in [0.5, 0.6) is 0 Å². The SMILES string of the molecule is Cc1c(Nc2ccc(-n3cccn3)cc2)nc2c(/C=C3/CC(=O)NC3=O)cnn2c1NC1CC1.Cc1c(Nc2ccc(-n3cccn3)cc2)nc2c(C=O)cnn2c1NC1CC1. The number of carbonyl (C=O) groups excluding carboxylic acids is 3. The number of nitrogens with one attached hydrogen (secondary N) is 5. The Hall–Kier alpha value is -8.15. The second kappa shape index (κ2) is 15.8. The Bertz CT molecular complexity index is 3000. The molecule has 62 heavy (non-hydrogen) atoms. The van der Waals surface area contributed by atoms with Crippen LogP contribution in [-0.2, 0) is 9.59 Å². The molecule has 2 amide bonds. The zero-order valence-corrected chi connectivity index (χ0v) is 33.8. The predicted octanol–water partition coefficient (Wildman–Crippen LogP) is 6.33. The van der Waals surface area contributed by atoms with Crippen molar-refractivity contribution in [2.24, 2.45) is 0 Å². The lowest BCUT2D eigenvalue weighted by molar-refractivity contribution is -0.124. The summed E-state index contributed by atoms with van der Waals surface area (Å²) in [7, 11) is 0. The number of anilines is 6. The van der Waals surface area contributed by atoms with Gasteiger partial charge in [0, 0.05) is 70.5 Å². The molecule has 0 spiro atoms. The molecule has 5 N–H and O–H groups in total. The van der Waals surface area contributed by atoms with Gasteiger partial charge < -0.3 is 21.3 Å². The highest BCUT2D eigenvalue weighted by Crippen LogP contribution is 2.34. The molecular weight excluding hydrogens is 787 g/mol. The van der Waals surface area contributed by atoms with Crippen LogP contribution in [-0.4, -0.2) is 78.9 Å². The van der Waals surface area contributed by atoms with Gasteiger partial charge in [0.15, 0.2) is 17.6 Å². The lowest BCUT2D eigenvalue weighted by Crippen LogP contribution is -2.19. The normalized spacial score (nSPS) is 15.4. The van der Waals surface area contributed by atoms with E-state index in [2.05, 4.69) is 52.0 Å². The van der Waals surface area contributed by atoms with Gasteiger partial charge in [-0.1, -0.05) is 0 Å². The Labute approximate surface area is 354 Å². The van der Waals surface area contributed by atoms with Crippen LogP contribution in [0.1, 0.15) is 59.2 Å². The fraction of sp³-hybridized carbons (Fsp3) is 0.205. The van der Waals surface area contributed by atoms with Crippen LogP contribution in [0.15, 0.2) is 103 Å². The number of rotatable bonds is 12. The zero-order chi connectivity index (χ0) is 42.3. The van der Waals surface area contributed by atoms with Crippen LogP contribution in [0.25, 0.3) is 28.7 Å². The fourth-order valence-corrected chi connectivity index (χ4v) is 7.11. The number of hydrogen-bond donors (Lipinski definition) is 5. The molecule has 0 bridgehead atoms. The van der Waals surface area contributed by atoms with Crippen LogP contribution in [0.3, 0.4) is 0 Å². The molecule has 8 aromatic rings. The summed E-state index contributed by atoms with van der Waals surface area (Å²) in [4.78, 5) is 44.6. The molecule has 1 aliphatic heterocycles. The number of nitrogens with zero attached hydrogens (tertiary/aromatic N) is 10. The summed E-state index contributed by atoms with van der Waals surface area (Å²) >= 11 is 0. The third-order valence-electron chi connectivity index (χ3n) is 10.8. The summed E-state index contributed by atoms with van der Waals surface area (Å²) in [5.74, 6) is 2.45. The second-order valence-corrected chi connectivity index (χ2v) is 15.5. The van der Waals surface area contributed by atoms with Crippen molar-refractivity contribution in [3.8, 4) is 11.4 Å². The van der Waals surface area contributed by atoms with E-state index in [0.717, 1.165) is 77.5 Å². The van der Waals surface area contributed by atoms with Gasteiger partial charge >= 0.3 is 0 Å². The number of amides is 2. The van der Waals surface area contributed by atoms with Gasteiger partial charge in [0.1, 0.15) is 23.3 Å². The van der Waals surface area contributed by atoms with E-state index >= 15 is 0 Å². The van der Waals surface area contributed by atoms with Gasteiger partial charge in [0.2, 0.25) is 5.91 Å². The molecule has 0 radical (unpaired) electrons. The van der Waals surface area contributed by atoms with Gasteiger partial charge in [0.05, 0.1) is 35.8 Å². The molecule has 0 unspecified atom stereocenters. The Kier molecular flexibility index (Phi) is 9.70. The van der Waals surface area contributed by atoms with Crippen molar-refractivity contribution >= 4 is 70.1 Å². The smallest absolute Gasteiger partial charge is 0.254 e. The third-order valence-corrected chi connectivity index (χ3v) is 10.8. The molecule has 2 aliphatic carbocycles. The lowest BCUT2D eigenvalue weighted by atomic mass is 10.1. The van der Waals surface area contributed by atoms with Gasteiger partial charge in [-0.3, -0.25) is 19.7 Å². The number of benzene rings is 2. The average Bonchev–Trinajstić information content (AvgIpc) is 3.86. The van der Waals surface area contributed by atoms with Crippen LogP contribution >= 0.6 is 0 Å². The highest BCUT2D eigenvalue weighted by Gasteiger charge is 2.28. The molecule has 0 atom stereocenters. The van der Waals surface area contributed by atoms with Gasteiger partial charge in [-0.25, -0.2) is 19.3 Å². The maximum Gasteiger partial charge on any atom is 0.254 e. The van der Waals surface area contributed by atoms with Crippen molar-refractivity contribution in [1.82, 2.24) is 54.1 Å². The number of imide groups is 1. The first kappa shape index (κ1) is 38.1. The highest BCUT2D eigenvalue weighted by molar-refractivity contribution is 6.15. The van der Waals surface area contributed by atoms with E-state index in [1.165, 1.54) is 0 Å². The van der Waals surface area contributed by atoms with Crippen LogP contribution in [0.4, 0.5) is 34.6 Å². The number of fused-ring (bicyclic) bond motifs is 2. The quantitative estimate of drug-likeness (QED) is 0.0520. The summed E-state index contributed by atoms with van der Waals surface area (Å²) in [6, 6.07) is 20.5. The summed E-state index contributed by atoms with van der Waals surface area (Å²) < 4.78 is 7.08. The summed E-state index contributed by atoms with van der Waals surface area (Å²) in [5, 5.41) is 33.6. The summed E-state index contributed by atoms with van der Waals surface area (Å²) in [5.41, 5.74) is 8.31. The van der Waals surface area contributed by atoms with E-state index in [-0.39, 0.29) is 18.2 Å². The highest BCUT2D eigenvalue weighted by atomic mass is 16.2. The minimum atomic E-state index is -0.372. The first-order chi connectivity index (χ1) is 30.3. The van der Waals surface area contributed by atoms with Gasteiger partial charge in [-0.2, -0.15) is 29.4 Å². The molecule has 1 saturated heterocycles. The first-order valence-corrected chi connectivity index (χ1v) is 20.3. The minimum Gasteiger partial charge on any atom is -0.367 e. The molecule has 7 heterocycles. The molecule has 11 rings (SSSR count). The molecule has 3 fully saturated rings. The van der Waals surface area contributed by atoms with Crippen LogP contribution < -0.4 is 26.6 Å². The van der Waals surface area contributed by atoms with Gasteiger partial charge in [0.25, 0.3) is 5.91 Å². The number of hydrogen-bond acceptors (Lipinski definition) is 13. The van der Waals surface area contributed by atoms with E-state index < -0.39 is 0 Å². The Morgan fingerprint density at radius 2 is 1.15 bits per heavy atom. The predicted molar refractivity (Wildman–Crippen MR) is 234 cm³/mol. The Morgan fingerprint density at radius 1 is 0.661 bits per heavy atom. The standard InChI is InChI=1S/C24H22N8O2.C20H19N7O/c1-14-21(27-17-5-7-19(8-6-17)31-10-2-9-25-31)30-23-16(11-15-12-20(33)29-24(15)34)13-26-32(23)22(14)28-18-3-4-18;1-13-18(23-15-5-7-17(8-6-15)26-10-2-9-21-26)25-20-14(12-28)11-22-27(20)19(13)24-16-3-4-16/h2,5-11,13,18,28H,3-4,12H2,1H3,(H,27,30)(H,29,33,34);2,5-12,16,24H,3-4H2,1H3,(H,23,25)/b15-11-;. The third kappa shape index (κ3) is 7.71. The minimum absolute atomic E-state index is 0.0585. The number of carbonyl (C=O) groups is 3. The van der Waals surface area contributed by atoms with Crippen molar-refractivity contribution in [3.63, 3.8) is 0 Å². The van der Waals surface area contributed by atoms with E-state index in [9.17, 15) is 14.4 Å². The van der Waals surface area contributed by atoms with E-state index in [1.54, 1.807) is 49.3 Å². The molecule has 2 saturated carbocycles. The zero-order valence-electron chi connectivity index (χ0n) is 33.8. The van der Waals surface area contributed by atoms with Crippen LogP contribution in [0.2, 0.25) is 0 Å². The van der Waals surface area contributed by atoms with Crippen LogP contribution in [0, 0.1) is 13.8 Å². The molecule has 3 aliphatic rings. The largest absolute Gasteiger partial charge is 0.367 e. The fourth-order valence-electron chi connectivity index (χ4n) is 7.11. The van der Waals surface area contributed by atoms with E-state index in [1.807, 2.05) is 86.9 Å². The van der Waals surface area contributed by atoms with Crippen molar-refractivity contribution < 1.29 is 14.4 Å². The molecule has 18 nitrogen and oxygen atoms in total. The summed E-state index contributed by atoms with van der Waals surface area (Å²) in [6.45, 7) is 4.00. The summed E-state index contributed by atoms with van der Waals surface area (Å²) in [6.07, 6.45) is 17.6. The molecule has 310 valence electrons. The van der Waals surface area contributed by atoms with Crippen molar-refractivity contribution in [3.05, 3.63) is 126 Å². The van der Waals surface area contributed by atoms with E-state index in [0.29, 0.717) is 51.7 Å². The van der Waals surface area contributed by atoms with E-state index in [4.69, 9.17) is 4.98 Å². The lowest BCUT2D eigenvalue weighted by Gasteiger charge is -2.16. The monoisotopic (exact) mass is 827 g/mol. The van der Waals surface area contributed by atoms with Crippen molar-refractivity contribution in [1.29, 1.82) is 0 Å². The van der Waals surface area contributed by atoms with Crippen molar-refractivity contribution in [2.45, 2.75) is 58.0 Å². The Balaban J connectivity index is 0.000000151. The average molecular weight is 828 g/mol. The topological polar surface area (TPSA) is 207 Å². The number of aromatic nitrogens is 10. The second-order valence-electron chi connectivity index (χ2n) is 15.5. The molecular formula is C44H41N15O3. The van der Waals surface area contributed by atoms with Gasteiger partial charge in [-0.15, -0.1) is 0 Å². The molecule has 2 aromatic carbocycles. The van der Waals surface area contributed by atoms with Crippen molar-refractivity contribution in [2.75, 3.05) is 21.3 Å². The number of aldehydes is 1. The van der Waals surface area contributed by atoms with Gasteiger partial charge in [-0.05, 0) is 106 Å². The maximum absolute atomic E-state index is 12.1. The first-order valence-electron chi connectivity index (χ1n) is 20.3. The Morgan fingerprint density at radius 3 is 1.56 bits per heavy atom.